The van der Waals surface area contributed by atoms with Crippen LogP contribution in [0.25, 0.3) is 0 Å². The Labute approximate surface area is 262 Å². The number of nitrogens with zero attached hydrogens (tertiary/aromatic N) is 4. The number of aliphatic imine (C=N–C) groups is 3. The van der Waals surface area contributed by atoms with Crippen LogP contribution < -0.4 is 25.4 Å². The van der Waals surface area contributed by atoms with Crippen LogP contribution in [-0.4, -0.2) is 47.5 Å². The van der Waals surface area contributed by atoms with Gasteiger partial charge >= 0.3 is 12.4 Å². The van der Waals surface area contributed by atoms with E-state index in [9.17, 15) is 22.8 Å². The molecule has 0 spiro atoms. The van der Waals surface area contributed by atoms with Crippen molar-refractivity contribution in [2.24, 2.45) is 20.7 Å². The standard InChI is InChI=1S/C31H31F3N6O4S/c1-19(2)43-26-14-4-20(3)16-25(26)40-28(41)17-45-30(40)39-29(42)38-23-8-5-21(6-9-23)7-15-27(35)37-18-36-22-10-12-24(13-11-22)44-31(32,33)34/h4-6,8-14,16,18-19H,7,15,17H2,1-3H3,(H,38,42)(H2,35,36,37). The number of hydrogen-bond acceptors (Lipinski definition) is 6. The summed E-state index contributed by atoms with van der Waals surface area (Å²) < 4.78 is 46.5. The number of urea groups is 1. The van der Waals surface area contributed by atoms with Gasteiger partial charge in [0, 0.05) is 12.1 Å². The molecule has 45 heavy (non-hydrogen) atoms. The van der Waals surface area contributed by atoms with Crippen molar-refractivity contribution in [3.05, 3.63) is 77.9 Å². The molecule has 236 valence electrons. The maximum absolute atomic E-state index is 12.8. The summed E-state index contributed by atoms with van der Waals surface area (Å²) in [4.78, 5) is 39.2. The van der Waals surface area contributed by atoms with Crippen LogP contribution in [0.3, 0.4) is 0 Å². The lowest BCUT2D eigenvalue weighted by atomic mass is 10.1. The van der Waals surface area contributed by atoms with Crippen molar-refractivity contribution in [2.45, 2.75) is 46.1 Å². The number of carbonyl (C=O) groups excluding carboxylic acids is 2. The largest absolute Gasteiger partial charge is 0.573 e. The van der Waals surface area contributed by atoms with Gasteiger partial charge in [0.1, 0.15) is 23.7 Å². The predicted octanol–water partition coefficient (Wildman–Crippen LogP) is 7.00. The average Bonchev–Trinajstić information content (AvgIpc) is 3.32. The summed E-state index contributed by atoms with van der Waals surface area (Å²) in [6.45, 7) is 5.70. The van der Waals surface area contributed by atoms with Gasteiger partial charge in [-0.1, -0.05) is 30.0 Å². The van der Waals surface area contributed by atoms with Gasteiger partial charge in [-0.2, -0.15) is 4.99 Å². The normalized spacial score (nSPS) is 14.9. The molecule has 1 aliphatic heterocycles. The lowest BCUT2D eigenvalue weighted by Gasteiger charge is -2.21. The minimum absolute atomic E-state index is 0.106. The zero-order valence-corrected chi connectivity index (χ0v) is 25.5. The highest BCUT2D eigenvalue weighted by atomic mass is 32.2. The zero-order valence-electron chi connectivity index (χ0n) is 24.7. The van der Waals surface area contributed by atoms with Gasteiger partial charge < -0.3 is 20.5 Å². The summed E-state index contributed by atoms with van der Waals surface area (Å²) in [5, 5.41) is 2.99. The minimum atomic E-state index is -4.76. The Kier molecular flexibility index (Phi) is 10.8. The molecule has 1 aliphatic rings. The van der Waals surface area contributed by atoms with Gasteiger partial charge in [-0.25, -0.2) is 14.8 Å². The number of rotatable bonds is 10. The van der Waals surface area contributed by atoms with E-state index in [1.807, 2.05) is 45.0 Å². The number of benzene rings is 3. The molecule has 0 atom stereocenters. The number of nitrogens with one attached hydrogen (secondary N) is 1. The van der Waals surface area contributed by atoms with E-state index in [0.29, 0.717) is 41.5 Å². The van der Waals surface area contributed by atoms with E-state index in [1.54, 1.807) is 18.2 Å². The predicted molar refractivity (Wildman–Crippen MR) is 171 cm³/mol. The van der Waals surface area contributed by atoms with Crippen LogP contribution in [0.4, 0.5) is 35.0 Å². The number of aryl methyl sites for hydroxylation is 2. The quantitative estimate of drug-likeness (QED) is 0.181. The van der Waals surface area contributed by atoms with E-state index in [-0.39, 0.29) is 28.7 Å². The Morgan fingerprint density at radius 2 is 1.82 bits per heavy atom. The molecule has 1 saturated heterocycles. The molecule has 1 heterocycles. The summed E-state index contributed by atoms with van der Waals surface area (Å²) in [5.74, 6) is 0.456. The third-order valence-corrected chi connectivity index (χ3v) is 6.98. The van der Waals surface area contributed by atoms with Gasteiger partial charge in [-0.3, -0.25) is 9.69 Å². The number of amides is 3. The number of halogens is 3. The van der Waals surface area contributed by atoms with Gasteiger partial charge in [0.15, 0.2) is 5.17 Å². The lowest BCUT2D eigenvalue weighted by molar-refractivity contribution is -0.274. The number of nitrogens with two attached hydrogens (primary N) is 1. The molecule has 14 heteroatoms. The molecular formula is C31H31F3N6O4S. The lowest BCUT2D eigenvalue weighted by Crippen LogP contribution is -2.31. The molecule has 0 aliphatic carbocycles. The Morgan fingerprint density at radius 3 is 2.49 bits per heavy atom. The van der Waals surface area contributed by atoms with E-state index in [4.69, 9.17) is 10.5 Å². The number of amidine groups is 2. The number of ether oxygens (including phenoxy) is 2. The molecule has 0 aromatic heterocycles. The van der Waals surface area contributed by atoms with Crippen LogP contribution in [0.2, 0.25) is 0 Å². The van der Waals surface area contributed by atoms with Crippen LogP contribution >= 0.6 is 11.8 Å². The Bertz CT molecular complexity index is 1610. The third-order valence-electron chi connectivity index (χ3n) is 6.06. The summed E-state index contributed by atoms with van der Waals surface area (Å²) in [6.07, 6.45) is -2.65. The summed E-state index contributed by atoms with van der Waals surface area (Å²) in [5.41, 5.74) is 9.28. The first-order valence-electron chi connectivity index (χ1n) is 13.8. The molecule has 10 nitrogen and oxygen atoms in total. The summed E-state index contributed by atoms with van der Waals surface area (Å²) in [7, 11) is 0. The Balaban J connectivity index is 1.31. The third kappa shape index (κ3) is 10.1. The maximum atomic E-state index is 12.8. The van der Waals surface area contributed by atoms with Gasteiger partial charge in [0.2, 0.25) is 5.91 Å². The van der Waals surface area contributed by atoms with Crippen LogP contribution in [0, 0.1) is 6.92 Å². The molecule has 1 fully saturated rings. The second-order valence-corrected chi connectivity index (χ2v) is 11.0. The van der Waals surface area contributed by atoms with Crippen molar-refractivity contribution in [1.82, 2.24) is 0 Å². The smallest absolute Gasteiger partial charge is 0.489 e. The van der Waals surface area contributed by atoms with Gasteiger partial charge in [0.25, 0.3) is 0 Å². The van der Waals surface area contributed by atoms with E-state index < -0.39 is 12.4 Å². The van der Waals surface area contributed by atoms with Crippen LogP contribution in [0.5, 0.6) is 11.5 Å². The van der Waals surface area contributed by atoms with Crippen molar-refractivity contribution >= 4 is 58.1 Å². The molecule has 3 aromatic carbocycles. The van der Waals surface area contributed by atoms with E-state index in [0.717, 1.165) is 23.3 Å². The van der Waals surface area contributed by atoms with Crippen molar-refractivity contribution in [1.29, 1.82) is 0 Å². The molecule has 0 bridgehead atoms. The van der Waals surface area contributed by atoms with E-state index in [1.165, 1.54) is 35.1 Å². The molecule has 3 aromatic rings. The topological polar surface area (TPSA) is 131 Å². The average molecular weight is 641 g/mol. The number of alkyl halides is 3. The molecule has 0 radical (unpaired) electrons. The monoisotopic (exact) mass is 640 g/mol. The Hall–Kier alpha value is -4.85. The van der Waals surface area contributed by atoms with Crippen molar-refractivity contribution < 1.29 is 32.2 Å². The minimum Gasteiger partial charge on any atom is -0.489 e. The molecule has 3 N–H and O–H groups in total. The highest BCUT2D eigenvalue weighted by molar-refractivity contribution is 8.15. The molecule has 4 rings (SSSR count). The second-order valence-electron chi connectivity index (χ2n) is 10.1. The molecule has 3 amide bonds. The van der Waals surface area contributed by atoms with E-state index >= 15 is 0 Å². The maximum Gasteiger partial charge on any atom is 0.573 e. The van der Waals surface area contributed by atoms with Crippen molar-refractivity contribution in [2.75, 3.05) is 16.0 Å². The molecule has 0 unspecified atom stereocenters. The van der Waals surface area contributed by atoms with Gasteiger partial charge in [0.05, 0.1) is 23.2 Å². The van der Waals surface area contributed by atoms with Gasteiger partial charge in [-0.05, 0) is 86.8 Å². The summed E-state index contributed by atoms with van der Waals surface area (Å²) >= 11 is 1.18. The summed E-state index contributed by atoms with van der Waals surface area (Å²) in [6, 6.07) is 17.1. The fourth-order valence-corrected chi connectivity index (χ4v) is 4.93. The fourth-order valence-electron chi connectivity index (χ4n) is 4.07. The second kappa shape index (κ2) is 14.8. The van der Waals surface area contributed by atoms with Crippen molar-refractivity contribution in [3.8, 4) is 11.5 Å². The van der Waals surface area contributed by atoms with Crippen LogP contribution in [-0.2, 0) is 11.2 Å². The fraction of sp³-hybridized carbons (Fsp3) is 0.258. The first-order valence-corrected chi connectivity index (χ1v) is 14.8. The number of anilines is 2. The molecular weight excluding hydrogens is 609 g/mol. The number of hydrogen-bond donors (Lipinski definition) is 2. The molecule has 0 saturated carbocycles. The van der Waals surface area contributed by atoms with Crippen LogP contribution in [0.15, 0.2) is 81.7 Å². The van der Waals surface area contributed by atoms with Gasteiger partial charge in [-0.15, -0.1) is 13.2 Å². The highest BCUT2D eigenvalue weighted by Crippen LogP contribution is 2.36. The number of thioether (sulfide) groups is 1. The van der Waals surface area contributed by atoms with Crippen LogP contribution in [0.1, 0.15) is 31.4 Å². The highest BCUT2D eigenvalue weighted by Gasteiger charge is 2.33. The first-order chi connectivity index (χ1) is 21.4. The van der Waals surface area contributed by atoms with E-state index in [2.05, 4.69) is 25.0 Å². The number of carbonyl (C=O) groups is 2. The Morgan fingerprint density at radius 1 is 1.11 bits per heavy atom. The van der Waals surface area contributed by atoms with Crippen molar-refractivity contribution in [3.63, 3.8) is 0 Å². The SMILES string of the molecule is Cc1ccc(OC(C)C)c(N2C(=O)CSC2=NC(=O)Nc2ccc(CCC(N)=NC=Nc3ccc(OC(F)(F)F)cc3)cc2)c1. The first kappa shape index (κ1) is 33.1. The zero-order chi connectivity index (χ0) is 32.6.